The number of nitrogens with zero attached hydrogens (tertiary/aromatic N) is 2. The molecule has 21 heavy (non-hydrogen) atoms. The lowest BCUT2D eigenvalue weighted by atomic mass is 10.0. The fourth-order valence-corrected chi connectivity index (χ4v) is 2.46. The number of piperidine rings is 1. The highest BCUT2D eigenvalue weighted by Crippen LogP contribution is 2.13. The largest absolute Gasteiger partial charge is 0.355 e. The predicted molar refractivity (Wildman–Crippen MR) is 93.5 cm³/mol. The molecule has 0 saturated carbocycles. The molecule has 1 unspecified atom stereocenters. The van der Waals surface area contributed by atoms with E-state index in [9.17, 15) is 4.79 Å². The van der Waals surface area contributed by atoms with E-state index in [1.54, 1.807) is 0 Å². The fourth-order valence-electron chi connectivity index (χ4n) is 2.46. The average molecular weight is 343 g/mol. The summed E-state index contributed by atoms with van der Waals surface area (Å²) in [6.45, 7) is 5.92. The van der Waals surface area contributed by atoms with Crippen molar-refractivity contribution in [2.24, 2.45) is 5.73 Å². The summed E-state index contributed by atoms with van der Waals surface area (Å²) in [4.78, 5) is 16.3. The van der Waals surface area contributed by atoms with Crippen LogP contribution in [0, 0.1) is 0 Å². The van der Waals surface area contributed by atoms with Crippen LogP contribution in [0.1, 0.15) is 32.6 Å². The molecule has 128 valence electrons. The van der Waals surface area contributed by atoms with Crippen molar-refractivity contribution in [2.45, 2.75) is 44.7 Å². The normalized spacial score (nSPS) is 17.8. The van der Waals surface area contributed by atoms with E-state index in [0.29, 0.717) is 6.42 Å². The molecular weight excluding hydrogens is 311 g/mol. The standard InChI is InChI=1S/C14H30N4O.2ClH/c1-12(15)4-5-14(19)16-8-11-18-9-6-13(7-10-18)17(2)3;;/h12-13H,4-11,15H2,1-3H3,(H,16,19);2*1H. The van der Waals surface area contributed by atoms with Gasteiger partial charge in [-0.05, 0) is 53.4 Å². The molecule has 1 atom stereocenters. The van der Waals surface area contributed by atoms with Crippen LogP contribution in [0.25, 0.3) is 0 Å². The predicted octanol–water partition coefficient (Wildman–Crippen LogP) is 1.10. The lowest BCUT2D eigenvalue weighted by Crippen LogP contribution is -2.44. The first-order chi connectivity index (χ1) is 8.99. The molecule has 7 heteroatoms. The van der Waals surface area contributed by atoms with Gasteiger partial charge in [0.25, 0.3) is 0 Å². The third-order valence-electron chi connectivity index (χ3n) is 3.86. The van der Waals surface area contributed by atoms with Gasteiger partial charge in [0.2, 0.25) is 5.91 Å². The number of rotatable bonds is 7. The van der Waals surface area contributed by atoms with Crippen molar-refractivity contribution in [3.63, 3.8) is 0 Å². The van der Waals surface area contributed by atoms with Crippen LogP contribution in [-0.2, 0) is 4.79 Å². The van der Waals surface area contributed by atoms with Gasteiger partial charge >= 0.3 is 0 Å². The Hall–Kier alpha value is -0.0700. The summed E-state index contributed by atoms with van der Waals surface area (Å²) in [5.74, 6) is 0.125. The molecule has 5 nitrogen and oxygen atoms in total. The first-order valence-electron chi connectivity index (χ1n) is 7.40. The third kappa shape index (κ3) is 10.3. The zero-order valence-corrected chi connectivity index (χ0v) is 15.1. The molecule has 1 rings (SSSR count). The van der Waals surface area contributed by atoms with Crippen LogP contribution in [0.5, 0.6) is 0 Å². The number of likely N-dealkylation sites (tertiary alicyclic amines) is 1. The van der Waals surface area contributed by atoms with E-state index in [2.05, 4.69) is 29.2 Å². The number of hydrogen-bond acceptors (Lipinski definition) is 4. The second-order valence-electron chi connectivity index (χ2n) is 5.90. The molecule has 0 spiro atoms. The van der Waals surface area contributed by atoms with E-state index in [1.165, 1.54) is 12.8 Å². The molecule has 3 N–H and O–H groups in total. The highest BCUT2D eigenvalue weighted by atomic mass is 35.5. The zero-order chi connectivity index (χ0) is 14.3. The Labute approximate surface area is 141 Å². The third-order valence-corrected chi connectivity index (χ3v) is 3.86. The topological polar surface area (TPSA) is 61.6 Å². The van der Waals surface area contributed by atoms with Crippen LogP contribution in [-0.4, -0.2) is 68.1 Å². The fraction of sp³-hybridized carbons (Fsp3) is 0.929. The van der Waals surface area contributed by atoms with Crippen molar-refractivity contribution >= 4 is 30.7 Å². The Bertz CT molecular complexity index is 270. The van der Waals surface area contributed by atoms with E-state index in [1.807, 2.05) is 6.92 Å². The summed E-state index contributed by atoms with van der Waals surface area (Å²) in [6, 6.07) is 0.827. The van der Waals surface area contributed by atoms with Crippen LogP contribution >= 0.6 is 24.8 Å². The summed E-state index contributed by atoms with van der Waals surface area (Å²) in [7, 11) is 4.30. The SMILES string of the molecule is CC(N)CCC(=O)NCCN1CCC(N(C)C)CC1.Cl.Cl. The quantitative estimate of drug-likeness (QED) is 0.727. The van der Waals surface area contributed by atoms with Gasteiger partial charge in [-0.1, -0.05) is 0 Å². The number of carbonyl (C=O) groups is 1. The monoisotopic (exact) mass is 342 g/mol. The van der Waals surface area contributed by atoms with E-state index >= 15 is 0 Å². The van der Waals surface area contributed by atoms with Gasteiger partial charge in [-0.15, -0.1) is 24.8 Å². The van der Waals surface area contributed by atoms with Crippen molar-refractivity contribution in [3.05, 3.63) is 0 Å². The molecule has 0 aromatic heterocycles. The molecular formula is C14H32Cl2N4O. The van der Waals surface area contributed by atoms with Crippen molar-refractivity contribution in [1.29, 1.82) is 0 Å². The molecule has 0 aromatic rings. The van der Waals surface area contributed by atoms with Crippen LogP contribution in [0.15, 0.2) is 0 Å². The number of hydrogen-bond donors (Lipinski definition) is 2. The summed E-state index contributed by atoms with van der Waals surface area (Å²) in [5.41, 5.74) is 5.63. The van der Waals surface area contributed by atoms with Crippen LogP contribution in [0.3, 0.4) is 0 Å². The molecule has 1 aliphatic rings. The van der Waals surface area contributed by atoms with Gasteiger partial charge in [0.1, 0.15) is 0 Å². The van der Waals surface area contributed by atoms with Crippen molar-refractivity contribution in [3.8, 4) is 0 Å². The molecule has 1 aliphatic heterocycles. The van der Waals surface area contributed by atoms with Gasteiger partial charge in [0, 0.05) is 31.6 Å². The maximum atomic E-state index is 11.5. The van der Waals surface area contributed by atoms with Gasteiger partial charge < -0.3 is 20.9 Å². The van der Waals surface area contributed by atoms with E-state index in [4.69, 9.17) is 5.73 Å². The Morgan fingerprint density at radius 3 is 2.38 bits per heavy atom. The lowest BCUT2D eigenvalue weighted by molar-refractivity contribution is -0.121. The maximum Gasteiger partial charge on any atom is 0.220 e. The second kappa shape index (κ2) is 12.5. The molecule has 1 fully saturated rings. The smallest absolute Gasteiger partial charge is 0.220 e. The molecule has 0 radical (unpaired) electrons. The Morgan fingerprint density at radius 1 is 1.33 bits per heavy atom. The highest BCUT2D eigenvalue weighted by Gasteiger charge is 2.19. The van der Waals surface area contributed by atoms with Gasteiger partial charge in [-0.2, -0.15) is 0 Å². The molecule has 1 saturated heterocycles. The second-order valence-corrected chi connectivity index (χ2v) is 5.90. The maximum absolute atomic E-state index is 11.5. The van der Waals surface area contributed by atoms with Crippen molar-refractivity contribution < 1.29 is 4.79 Å². The Morgan fingerprint density at radius 2 is 1.90 bits per heavy atom. The molecule has 0 bridgehead atoms. The summed E-state index contributed by atoms with van der Waals surface area (Å²) < 4.78 is 0. The minimum absolute atomic E-state index is 0. The lowest BCUT2D eigenvalue weighted by Gasteiger charge is -2.35. The van der Waals surface area contributed by atoms with E-state index in [0.717, 1.165) is 38.6 Å². The van der Waals surface area contributed by atoms with Gasteiger partial charge in [0.15, 0.2) is 0 Å². The minimum Gasteiger partial charge on any atom is -0.355 e. The first-order valence-corrected chi connectivity index (χ1v) is 7.40. The van der Waals surface area contributed by atoms with E-state index < -0.39 is 0 Å². The number of carbonyl (C=O) groups excluding carboxylic acids is 1. The van der Waals surface area contributed by atoms with Gasteiger partial charge in [0.05, 0.1) is 0 Å². The molecule has 1 amide bonds. The molecule has 0 aromatic carbocycles. The number of nitrogens with two attached hydrogens (primary N) is 1. The Kier molecular flexibility index (Phi) is 13.8. The number of nitrogens with one attached hydrogen (secondary N) is 1. The summed E-state index contributed by atoms with van der Waals surface area (Å²) in [6.07, 6.45) is 3.76. The molecule has 1 heterocycles. The average Bonchev–Trinajstić information content (AvgIpc) is 2.37. The minimum atomic E-state index is 0. The van der Waals surface area contributed by atoms with Crippen LogP contribution in [0.4, 0.5) is 0 Å². The zero-order valence-electron chi connectivity index (χ0n) is 13.5. The summed E-state index contributed by atoms with van der Waals surface area (Å²) >= 11 is 0. The Balaban J connectivity index is 0. The first kappa shape index (κ1) is 23.2. The van der Waals surface area contributed by atoms with E-state index in [-0.39, 0.29) is 36.8 Å². The van der Waals surface area contributed by atoms with Crippen LogP contribution < -0.4 is 11.1 Å². The molecule has 0 aliphatic carbocycles. The van der Waals surface area contributed by atoms with Gasteiger partial charge in [-0.3, -0.25) is 4.79 Å². The van der Waals surface area contributed by atoms with Crippen LogP contribution in [0.2, 0.25) is 0 Å². The van der Waals surface area contributed by atoms with Crippen molar-refractivity contribution in [1.82, 2.24) is 15.1 Å². The number of halogens is 2. The number of amides is 1. The van der Waals surface area contributed by atoms with Crippen molar-refractivity contribution in [2.75, 3.05) is 40.3 Å². The highest BCUT2D eigenvalue weighted by molar-refractivity contribution is 5.85. The van der Waals surface area contributed by atoms with Gasteiger partial charge in [-0.25, -0.2) is 0 Å². The summed E-state index contributed by atoms with van der Waals surface area (Å²) in [5, 5.41) is 2.97.